The molecular formula is C40H82O. The van der Waals surface area contributed by atoms with Crippen LogP contribution in [0.5, 0.6) is 0 Å². The Morgan fingerprint density at radius 3 is 0.512 bits per heavy atom. The maximum absolute atomic E-state index is 5.88. The Bertz CT molecular complexity index is 381. The molecule has 41 heavy (non-hydrogen) atoms. The van der Waals surface area contributed by atoms with E-state index >= 15 is 0 Å². The van der Waals surface area contributed by atoms with Crippen LogP contribution in [0.15, 0.2) is 0 Å². The molecule has 0 aliphatic heterocycles. The van der Waals surface area contributed by atoms with Crippen molar-refractivity contribution in [2.75, 3.05) is 13.2 Å². The predicted octanol–water partition coefficient (Wildman–Crippen LogP) is 15.1. The van der Waals surface area contributed by atoms with Crippen LogP contribution < -0.4 is 0 Å². The smallest absolute Gasteiger partial charge is 0.0466 e. The van der Waals surface area contributed by atoms with E-state index in [0.717, 1.165) is 13.2 Å². The number of unbranched alkanes of at least 4 members (excludes halogenated alkanes) is 34. The summed E-state index contributed by atoms with van der Waals surface area (Å²) in [4.78, 5) is 0. The van der Waals surface area contributed by atoms with Gasteiger partial charge in [-0.05, 0) is 12.8 Å². The van der Waals surface area contributed by atoms with Gasteiger partial charge in [0.25, 0.3) is 0 Å². The predicted molar refractivity (Wildman–Crippen MR) is 188 cm³/mol. The molecule has 0 radical (unpaired) electrons. The Hall–Kier alpha value is -0.0400. The van der Waals surface area contributed by atoms with E-state index in [-0.39, 0.29) is 0 Å². The number of ether oxygens (including phenoxy) is 1. The standard InChI is InChI=1S/C40H82O/c1-3-5-7-9-11-13-15-17-18-19-20-21-22-23-24-25-26-27-28-30-32-34-36-38-40-41-39-37-35-33-31-29-16-14-12-10-8-6-4-2/h3-40H2,1-2H3. The summed E-state index contributed by atoms with van der Waals surface area (Å²) in [6.07, 6.45) is 52.0. The minimum absolute atomic E-state index is 0.997. The van der Waals surface area contributed by atoms with Crippen molar-refractivity contribution in [1.29, 1.82) is 0 Å². The van der Waals surface area contributed by atoms with Gasteiger partial charge in [-0.25, -0.2) is 0 Å². The monoisotopic (exact) mass is 579 g/mol. The molecule has 0 spiro atoms. The van der Waals surface area contributed by atoms with Crippen molar-refractivity contribution in [3.05, 3.63) is 0 Å². The highest BCUT2D eigenvalue weighted by molar-refractivity contribution is 4.52. The van der Waals surface area contributed by atoms with Gasteiger partial charge in [0.15, 0.2) is 0 Å². The number of hydrogen-bond donors (Lipinski definition) is 0. The first-order valence-corrected chi connectivity index (χ1v) is 20.0. The van der Waals surface area contributed by atoms with E-state index in [1.807, 2.05) is 0 Å². The molecule has 0 saturated heterocycles. The molecule has 0 aromatic rings. The van der Waals surface area contributed by atoms with Gasteiger partial charge < -0.3 is 4.74 Å². The summed E-state index contributed by atoms with van der Waals surface area (Å²) >= 11 is 0. The molecule has 1 nitrogen and oxygen atoms in total. The van der Waals surface area contributed by atoms with Crippen molar-refractivity contribution in [2.45, 2.75) is 245 Å². The van der Waals surface area contributed by atoms with Crippen molar-refractivity contribution in [1.82, 2.24) is 0 Å². The van der Waals surface area contributed by atoms with Gasteiger partial charge >= 0.3 is 0 Å². The van der Waals surface area contributed by atoms with Gasteiger partial charge in [0.05, 0.1) is 0 Å². The maximum atomic E-state index is 5.88. The average molecular weight is 579 g/mol. The van der Waals surface area contributed by atoms with E-state index in [9.17, 15) is 0 Å². The third kappa shape index (κ3) is 40.0. The lowest BCUT2D eigenvalue weighted by atomic mass is 10.0. The van der Waals surface area contributed by atoms with E-state index in [2.05, 4.69) is 13.8 Å². The molecule has 0 bridgehead atoms. The van der Waals surface area contributed by atoms with E-state index in [1.54, 1.807) is 0 Å². The normalized spacial score (nSPS) is 11.6. The Morgan fingerprint density at radius 1 is 0.195 bits per heavy atom. The second-order valence-electron chi connectivity index (χ2n) is 13.6. The van der Waals surface area contributed by atoms with Crippen LogP contribution in [0.3, 0.4) is 0 Å². The zero-order valence-corrected chi connectivity index (χ0v) is 29.3. The molecule has 0 heterocycles. The molecule has 0 aromatic carbocycles. The Balaban J connectivity index is 3.02. The minimum Gasteiger partial charge on any atom is -0.381 e. The van der Waals surface area contributed by atoms with Crippen LogP contribution >= 0.6 is 0 Å². The van der Waals surface area contributed by atoms with Gasteiger partial charge in [-0.15, -0.1) is 0 Å². The third-order valence-electron chi connectivity index (χ3n) is 9.28. The topological polar surface area (TPSA) is 9.23 Å². The highest BCUT2D eigenvalue weighted by Gasteiger charge is 1.97. The molecule has 0 fully saturated rings. The maximum Gasteiger partial charge on any atom is 0.0466 e. The summed E-state index contributed by atoms with van der Waals surface area (Å²) in [7, 11) is 0. The van der Waals surface area contributed by atoms with Crippen molar-refractivity contribution >= 4 is 0 Å². The fourth-order valence-electron chi connectivity index (χ4n) is 6.31. The summed E-state index contributed by atoms with van der Waals surface area (Å²) in [5, 5.41) is 0. The first-order chi connectivity index (χ1) is 20.4. The molecule has 0 amide bonds. The molecule has 1 heteroatoms. The first kappa shape index (κ1) is 41.0. The molecule has 0 N–H and O–H groups in total. The molecule has 0 aromatic heterocycles. The molecular weight excluding hydrogens is 496 g/mol. The fraction of sp³-hybridized carbons (Fsp3) is 1.00. The van der Waals surface area contributed by atoms with Crippen LogP contribution in [0, 0.1) is 0 Å². The van der Waals surface area contributed by atoms with Gasteiger partial charge in [-0.3, -0.25) is 0 Å². The molecule has 0 atom stereocenters. The van der Waals surface area contributed by atoms with Gasteiger partial charge in [-0.2, -0.15) is 0 Å². The average Bonchev–Trinajstić information content (AvgIpc) is 2.98. The van der Waals surface area contributed by atoms with Gasteiger partial charge in [-0.1, -0.05) is 232 Å². The number of rotatable bonds is 38. The number of hydrogen-bond acceptors (Lipinski definition) is 1. The molecule has 0 saturated carbocycles. The zero-order chi connectivity index (χ0) is 29.6. The molecule has 0 rings (SSSR count). The molecule has 0 aliphatic carbocycles. The summed E-state index contributed by atoms with van der Waals surface area (Å²) in [5.41, 5.74) is 0. The SMILES string of the molecule is CCCCCCCCCCCCCCCCCCCCCCCCCCOCCCCCCCCCCCCCC. The molecule has 0 unspecified atom stereocenters. The van der Waals surface area contributed by atoms with Crippen molar-refractivity contribution in [3.8, 4) is 0 Å². The van der Waals surface area contributed by atoms with Crippen molar-refractivity contribution < 1.29 is 4.74 Å². The van der Waals surface area contributed by atoms with Gasteiger partial charge in [0, 0.05) is 13.2 Å². The van der Waals surface area contributed by atoms with Crippen LogP contribution in [0.4, 0.5) is 0 Å². The Morgan fingerprint density at radius 2 is 0.341 bits per heavy atom. The molecule has 248 valence electrons. The zero-order valence-electron chi connectivity index (χ0n) is 29.3. The second-order valence-corrected chi connectivity index (χ2v) is 13.6. The van der Waals surface area contributed by atoms with Crippen LogP contribution in [-0.2, 0) is 4.74 Å². The van der Waals surface area contributed by atoms with E-state index in [0.29, 0.717) is 0 Å². The summed E-state index contributed by atoms with van der Waals surface area (Å²) in [6.45, 7) is 6.60. The molecule has 0 aliphatic rings. The van der Waals surface area contributed by atoms with Crippen molar-refractivity contribution in [3.63, 3.8) is 0 Å². The van der Waals surface area contributed by atoms with E-state index in [1.165, 1.54) is 231 Å². The third-order valence-corrected chi connectivity index (χ3v) is 9.28. The van der Waals surface area contributed by atoms with Crippen LogP contribution in [0.25, 0.3) is 0 Å². The minimum atomic E-state index is 0.997. The summed E-state index contributed by atoms with van der Waals surface area (Å²) in [6, 6.07) is 0. The van der Waals surface area contributed by atoms with Crippen LogP contribution in [-0.4, -0.2) is 13.2 Å². The van der Waals surface area contributed by atoms with E-state index in [4.69, 9.17) is 4.74 Å². The van der Waals surface area contributed by atoms with Gasteiger partial charge in [0.1, 0.15) is 0 Å². The quantitative estimate of drug-likeness (QED) is 0.0662. The largest absolute Gasteiger partial charge is 0.381 e. The lowest BCUT2D eigenvalue weighted by Gasteiger charge is -2.06. The highest BCUT2D eigenvalue weighted by atomic mass is 16.5. The van der Waals surface area contributed by atoms with Crippen LogP contribution in [0.1, 0.15) is 245 Å². The lowest BCUT2D eigenvalue weighted by molar-refractivity contribution is 0.125. The van der Waals surface area contributed by atoms with Crippen LogP contribution in [0.2, 0.25) is 0 Å². The first-order valence-electron chi connectivity index (χ1n) is 20.0. The fourth-order valence-corrected chi connectivity index (χ4v) is 6.31. The van der Waals surface area contributed by atoms with E-state index < -0.39 is 0 Å². The lowest BCUT2D eigenvalue weighted by Crippen LogP contribution is -1.97. The second kappa shape index (κ2) is 40.0. The Kier molecular flexibility index (Phi) is 39.9. The highest BCUT2D eigenvalue weighted by Crippen LogP contribution is 2.16. The summed E-state index contributed by atoms with van der Waals surface area (Å²) < 4.78 is 5.88. The van der Waals surface area contributed by atoms with Gasteiger partial charge in [0.2, 0.25) is 0 Å². The Labute approximate surface area is 262 Å². The summed E-state index contributed by atoms with van der Waals surface area (Å²) in [5.74, 6) is 0. The van der Waals surface area contributed by atoms with Crippen molar-refractivity contribution in [2.24, 2.45) is 0 Å².